The van der Waals surface area contributed by atoms with Gasteiger partial charge in [-0.1, -0.05) is 0 Å². The number of nitrogens with zero attached hydrogens (tertiary/aromatic N) is 1. The molecule has 1 amide bonds. The normalized spacial score (nSPS) is 31.1. The highest BCUT2D eigenvalue weighted by Crippen LogP contribution is 2.18. The fourth-order valence-electron chi connectivity index (χ4n) is 2.28. The van der Waals surface area contributed by atoms with Crippen LogP contribution in [0.15, 0.2) is 0 Å². The monoisotopic (exact) mass is 213 g/mol. The summed E-state index contributed by atoms with van der Waals surface area (Å²) in [5, 5.41) is 9.31. The minimum atomic E-state index is -0.309. The molecule has 0 radical (unpaired) electrons. The van der Waals surface area contributed by atoms with E-state index in [1.54, 1.807) is 4.90 Å². The van der Waals surface area contributed by atoms with Gasteiger partial charge in [-0.2, -0.15) is 0 Å². The van der Waals surface area contributed by atoms with E-state index in [4.69, 9.17) is 4.74 Å². The lowest BCUT2D eigenvalue weighted by molar-refractivity contribution is -0.131. The number of rotatable bonds is 3. The topological polar surface area (TPSA) is 49.8 Å². The Morgan fingerprint density at radius 2 is 2.33 bits per heavy atom. The summed E-state index contributed by atoms with van der Waals surface area (Å²) >= 11 is 0. The van der Waals surface area contributed by atoms with Crippen molar-refractivity contribution in [2.24, 2.45) is 0 Å². The highest BCUT2D eigenvalue weighted by atomic mass is 16.5. The van der Waals surface area contributed by atoms with Gasteiger partial charge in [0.2, 0.25) is 5.91 Å². The van der Waals surface area contributed by atoms with E-state index in [1.807, 2.05) is 0 Å². The molecular formula is C11H19NO3. The third kappa shape index (κ3) is 2.92. The molecule has 86 valence electrons. The molecule has 2 atom stereocenters. The second kappa shape index (κ2) is 4.94. The van der Waals surface area contributed by atoms with Gasteiger partial charge >= 0.3 is 0 Å². The average Bonchev–Trinajstić information content (AvgIpc) is 2.84. The summed E-state index contributed by atoms with van der Waals surface area (Å²) in [4.78, 5) is 13.5. The van der Waals surface area contributed by atoms with E-state index in [1.165, 1.54) is 0 Å². The number of carbonyl (C=O) groups is 1. The smallest absolute Gasteiger partial charge is 0.222 e. The van der Waals surface area contributed by atoms with E-state index in [2.05, 4.69) is 0 Å². The molecule has 2 fully saturated rings. The van der Waals surface area contributed by atoms with Crippen LogP contribution in [0.4, 0.5) is 0 Å². The molecule has 15 heavy (non-hydrogen) atoms. The van der Waals surface area contributed by atoms with E-state index in [-0.39, 0.29) is 12.0 Å². The molecule has 1 N–H and O–H groups in total. The first-order chi connectivity index (χ1) is 7.25. The van der Waals surface area contributed by atoms with E-state index >= 15 is 0 Å². The zero-order valence-electron chi connectivity index (χ0n) is 9.02. The number of β-amino-alcohol motifs (C(OH)–C–C–N with tert-alkyl or cyclic N) is 1. The molecule has 1 unspecified atom stereocenters. The van der Waals surface area contributed by atoms with Crippen LogP contribution in [-0.4, -0.2) is 47.8 Å². The van der Waals surface area contributed by atoms with Crippen LogP contribution in [0.5, 0.6) is 0 Å². The summed E-state index contributed by atoms with van der Waals surface area (Å²) in [6.45, 7) is 2.08. The van der Waals surface area contributed by atoms with E-state index in [0.29, 0.717) is 25.6 Å². The number of aliphatic hydroxyl groups is 1. The number of amides is 1. The van der Waals surface area contributed by atoms with Crippen molar-refractivity contribution < 1.29 is 14.6 Å². The van der Waals surface area contributed by atoms with Gasteiger partial charge in [0.15, 0.2) is 0 Å². The molecule has 2 rings (SSSR count). The molecule has 4 nitrogen and oxygen atoms in total. The van der Waals surface area contributed by atoms with Gasteiger partial charge in [0.05, 0.1) is 12.2 Å². The maximum atomic E-state index is 11.7. The van der Waals surface area contributed by atoms with Gasteiger partial charge in [-0.3, -0.25) is 4.79 Å². The quantitative estimate of drug-likeness (QED) is 0.744. The van der Waals surface area contributed by atoms with Crippen molar-refractivity contribution >= 4 is 5.91 Å². The van der Waals surface area contributed by atoms with E-state index in [0.717, 1.165) is 32.3 Å². The lowest BCUT2D eigenvalue weighted by Crippen LogP contribution is -2.30. The molecule has 0 aromatic carbocycles. The molecule has 2 aliphatic rings. The van der Waals surface area contributed by atoms with Crippen LogP contribution in [0.3, 0.4) is 0 Å². The maximum absolute atomic E-state index is 11.7. The van der Waals surface area contributed by atoms with Crippen LogP contribution in [0, 0.1) is 0 Å². The zero-order valence-corrected chi connectivity index (χ0v) is 9.02. The highest BCUT2D eigenvalue weighted by molar-refractivity contribution is 5.76. The highest BCUT2D eigenvalue weighted by Gasteiger charge is 2.25. The predicted octanol–water partition coefficient (Wildman–Crippen LogP) is 0.539. The van der Waals surface area contributed by atoms with Gasteiger partial charge in [0.25, 0.3) is 0 Å². The van der Waals surface area contributed by atoms with Gasteiger partial charge in [0, 0.05) is 26.1 Å². The van der Waals surface area contributed by atoms with Gasteiger partial charge < -0.3 is 14.7 Å². The van der Waals surface area contributed by atoms with Crippen molar-refractivity contribution in [3.8, 4) is 0 Å². The summed E-state index contributed by atoms with van der Waals surface area (Å²) in [5.74, 6) is 0.169. The van der Waals surface area contributed by atoms with Gasteiger partial charge in [0.1, 0.15) is 0 Å². The Morgan fingerprint density at radius 3 is 2.93 bits per heavy atom. The third-order valence-corrected chi connectivity index (χ3v) is 3.22. The van der Waals surface area contributed by atoms with Crippen LogP contribution >= 0.6 is 0 Å². The van der Waals surface area contributed by atoms with Gasteiger partial charge in [-0.15, -0.1) is 0 Å². The summed E-state index contributed by atoms with van der Waals surface area (Å²) in [6, 6.07) is 0. The molecule has 0 aromatic heterocycles. The summed E-state index contributed by atoms with van der Waals surface area (Å²) in [5.41, 5.74) is 0. The number of likely N-dealkylation sites (tertiary alicyclic amines) is 1. The molecule has 2 aliphatic heterocycles. The van der Waals surface area contributed by atoms with Crippen LogP contribution in [0.2, 0.25) is 0 Å². The Bertz CT molecular complexity index is 226. The molecule has 4 heteroatoms. The summed E-state index contributed by atoms with van der Waals surface area (Å²) in [6.07, 6.45) is 4.34. The van der Waals surface area contributed by atoms with Crippen LogP contribution in [0.25, 0.3) is 0 Å². The third-order valence-electron chi connectivity index (χ3n) is 3.22. The summed E-state index contributed by atoms with van der Waals surface area (Å²) < 4.78 is 5.47. The molecule has 0 aromatic rings. The van der Waals surface area contributed by atoms with Gasteiger partial charge in [-0.05, 0) is 25.7 Å². The van der Waals surface area contributed by atoms with Crippen molar-refractivity contribution in [2.45, 2.75) is 44.3 Å². The number of carbonyl (C=O) groups excluding carboxylic acids is 1. The molecule has 2 saturated heterocycles. The summed E-state index contributed by atoms with van der Waals surface area (Å²) in [7, 11) is 0. The molecule has 2 heterocycles. The van der Waals surface area contributed by atoms with Gasteiger partial charge in [-0.25, -0.2) is 0 Å². The number of aliphatic hydroxyl groups excluding tert-OH is 1. The largest absolute Gasteiger partial charge is 0.391 e. The fraction of sp³-hybridized carbons (Fsp3) is 0.909. The molecule has 0 spiro atoms. The predicted molar refractivity (Wildman–Crippen MR) is 55.4 cm³/mol. The Hall–Kier alpha value is -0.610. The lowest BCUT2D eigenvalue weighted by atomic mass is 10.1. The van der Waals surface area contributed by atoms with E-state index in [9.17, 15) is 9.90 Å². The maximum Gasteiger partial charge on any atom is 0.222 e. The fourth-order valence-corrected chi connectivity index (χ4v) is 2.28. The number of ether oxygens (including phenoxy) is 1. The van der Waals surface area contributed by atoms with Crippen molar-refractivity contribution in [1.82, 2.24) is 4.90 Å². The molecular weight excluding hydrogens is 194 g/mol. The second-order valence-corrected chi connectivity index (χ2v) is 4.46. The van der Waals surface area contributed by atoms with E-state index < -0.39 is 0 Å². The average molecular weight is 213 g/mol. The Balaban J connectivity index is 1.67. The first-order valence-electron chi connectivity index (χ1n) is 5.83. The SMILES string of the molecule is O=C(CCC1CCCO1)N1CC[C@@H](O)C1. The van der Waals surface area contributed by atoms with Crippen LogP contribution in [-0.2, 0) is 9.53 Å². The van der Waals surface area contributed by atoms with Crippen molar-refractivity contribution in [3.63, 3.8) is 0 Å². The Labute approximate surface area is 90.2 Å². The van der Waals surface area contributed by atoms with Crippen LogP contribution in [0.1, 0.15) is 32.1 Å². The zero-order chi connectivity index (χ0) is 10.7. The minimum Gasteiger partial charge on any atom is -0.391 e. The van der Waals surface area contributed by atoms with Crippen molar-refractivity contribution in [1.29, 1.82) is 0 Å². The standard InChI is InChI=1S/C11H19NO3/c13-9-5-6-12(8-9)11(14)4-3-10-2-1-7-15-10/h9-10,13H,1-8H2/t9-,10?/m1/s1. The first-order valence-corrected chi connectivity index (χ1v) is 5.83. The molecule has 0 saturated carbocycles. The van der Waals surface area contributed by atoms with Crippen molar-refractivity contribution in [2.75, 3.05) is 19.7 Å². The van der Waals surface area contributed by atoms with Crippen molar-refractivity contribution in [3.05, 3.63) is 0 Å². The minimum absolute atomic E-state index is 0.169. The van der Waals surface area contributed by atoms with Crippen LogP contribution < -0.4 is 0 Å². The Morgan fingerprint density at radius 1 is 1.47 bits per heavy atom. The first kappa shape index (κ1) is 10.9. The molecule has 0 aliphatic carbocycles. The Kier molecular flexibility index (Phi) is 3.59. The molecule has 0 bridgehead atoms. The number of hydrogen-bond acceptors (Lipinski definition) is 3. The second-order valence-electron chi connectivity index (χ2n) is 4.46. The number of hydrogen-bond donors (Lipinski definition) is 1. The lowest BCUT2D eigenvalue weighted by Gasteiger charge is -2.16.